The number of methoxy groups -OCH3 is 1. The lowest BCUT2D eigenvalue weighted by molar-refractivity contribution is 0.0296. The van der Waals surface area contributed by atoms with Crippen molar-refractivity contribution in [2.24, 2.45) is 0 Å². The van der Waals surface area contributed by atoms with Crippen LogP contribution in [0.1, 0.15) is 44.0 Å². The van der Waals surface area contributed by atoms with Gasteiger partial charge in [0, 0.05) is 26.3 Å². The number of carbonyl (C=O) groups is 2. The molecule has 0 aromatic carbocycles. The summed E-state index contributed by atoms with van der Waals surface area (Å²) in [5.41, 5.74) is -0.210. The summed E-state index contributed by atoms with van der Waals surface area (Å²) in [4.78, 5) is 29.2. The van der Waals surface area contributed by atoms with Gasteiger partial charge in [0.1, 0.15) is 17.0 Å². The highest BCUT2D eigenvalue weighted by Crippen LogP contribution is 2.18. The van der Waals surface area contributed by atoms with E-state index in [1.807, 2.05) is 20.8 Å². The second-order valence-corrected chi connectivity index (χ2v) is 7.01. The Labute approximate surface area is 153 Å². The van der Waals surface area contributed by atoms with Crippen molar-refractivity contribution in [3.05, 3.63) is 22.8 Å². The van der Waals surface area contributed by atoms with E-state index in [1.54, 1.807) is 11.9 Å². The largest absolute Gasteiger partial charge is 0.465 e. The molecule has 0 unspecified atom stereocenters. The Hall–Kier alpha value is -2.02. The van der Waals surface area contributed by atoms with Gasteiger partial charge in [-0.25, -0.2) is 14.6 Å². The SMILES string of the molecule is COC(=O)c1cc(Cl)cnc1NCCCCN(C)C(=O)OC(C)(C)C. The Morgan fingerprint density at radius 1 is 1.32 bits per heavy atom. The molecule has 0 saturated carbocycles. The van der Waals surface area contributed by atoms with E-state index in [0.717, 1.165) is 12.8 Å². The van der Waals surface area contributed by atoms with Crippen molar-refractivity contribution < 1.29 is 19.1 Å². The van der Waals surface area contributed by atoms with Crippen molar-refractivity contribution in [3.63, 3.8) is 0 Å². The van der Waals surface area contributed by atoms with Crippen LogP contribution in [-0.2, 0) is 9.47 Å². The van der Waals surface area contributed by atoms with Crippen LogP contribution in [0, 0.1) is 0 Å². The highest BCUT2D eigenvalue weighted by molar-refractivity contribution is 6.30. The number of esters is 1. The minimum Gasteiger partial charge on any atom is -0.465 e. The van der Waals surface area contributed by atoms with E-state index >= 15 is 0 Å². The van der Waals surface area contributed by atoms with Crippen LogP contribution in [0.2, 0.25) is 5.02 Å². The lowest BCUT2D eigenvalue weighted by atomic mass is 10.2. The molecule has 0 spiro atoms. The minimum atomic E-state index is -0.503. The van der Waals surface area contributed by atoms with Crippen LogP contribution in [0.15, 0.2) is 12.3 Å². The second-order valence-electron chi connectivity index (χ2n) is 6.58. The molecule has 0 saturated heterocycles. The third-order valence-corrected chi connectivity index (χ3v) is 3.38. The maximum Gasteiger partial charge on any atom is 0.410 e. The van der Waals surface area contributed by atoms with Crippen molar-refractivity contribution >= 4 is 29.5 Å². The van der Waals surface area contributed by atoms with Gasteiger partial charge in [-0.3, -0.25) is 0 Å². The van der Waals surface area contributed by atoms with Crippen LogP contribution in [0.5, 0.6) is 0 Å². The van der Waals surface area contributed by atoms with Gasteiger partial charge in [-0.05, 0) is 39.7 Å². The topological polar surface area (TPSA) is 80.8 Å². The molecule has 25 heavy (non-hydrogen) atoms. The van der Waals surface area contributed by atoms with Crippen LogP contribution in [0.3, 0.4) is 0 Å². The standard InChI is InChI=1S/C17H26ClN3O4/c1-17(2,3)25-16(23)21(4)9-7-6-8-19-14-13(15(22)24-5)10-12(18)11-20-14/h10-11H,6-9H2,1-5H3,(H,19,20). The molecule has 140 valence electrons. The van der Waals surface area contributed by atoms with Crippen molar-refractivity contribution in [3.8, 4) is 0 Å². The van der Waals surface area contributed by atoms with Gasteiger partial charge in [-0.15, -0.1) is 0 Å². The average molecular weight is 372 g/mol. The Morgan fingerprint density at radius 2 is 2.00 bits per heavy atom. The Kier molecular flexibility index (Phi) is 7.96. The smallest absolute Gasteiger partial charge is 0.410 e. The summed E-state index contributed by atoms with van der Waals surface area (Å²) in [6.07, 6.45) is 2.70. The molecular formula is C17H26ClN3O4. The summed E-state index contributed by atoms with van der Waals surface area (Å²) in [5, 5.41) is 3.46. The molecule has 1 amide bonds. The lowest BCUT2D eigenvalue weighted by Crippen LogP contribution is -2.34. The molecule has 0 aliphatic heterocycles. The molecule has 0 aliphatic carbocycles. The van der Waals surface area contributed by atoms with E-state index in [-0.39, 0.29) is 6.09 Å². The third kappa shape index (κ3) is 7.60. The van der Waals surface area contributed by atoms with Gasteiger partial charge in [0.2, 0.25) is 0 Å². The number of hydrogen-bond donors (Lipinski definition) is 1. The molecule has 7 nitrogen and oxygen atoms in total. The van der Waals surface area contributed by atoms with Crippen molar-refractivity contribution in [2.75, 3.05) is 32.6 Å². The van der Waals surface area contributed by atoms with E-state index < -0.39 is 11.6 Å². The summed E-state index contributed by atoms with van der Waals surface area (Å²) in [6, 6.07) is 1.51. The molecule has 0 atom stereocenters. The molecule has 1 rings (SSSR count). The fourth-order valence-electron chi connectivity index (χ4n) is 1.96. The summed E-state index contributed by atoms with van der Waals surface area (Å²) >= 11 is 5.86. The van der Waals surface area contributed by atoms with Gasteiger partial charge in [-0.1, -0.05) is 11.6 Å². The van der Waals surface area contributed by atoms with Crippen LogP contribution in [-0.4, -0.2) is 54.8 Å². The highest BCUT2D eigenvalue weighted by atomic mass is 35.5. The molecule has 0 fully saturated rings. The first-order valence-corrected chi connectivity index (χ1v) is 8.43. The first kappa shape index (κ1) is 21.0. The average Bonchev–Trinajstić information content (AvgIpc) is 2.53. The molecule has 0 bridgehead atoms. The monoisotopic (exact) mass is 371 g/mol. The van der Waals surface area contributed by atoms with E-state index in [1.165, 1.54) is 19.4 Å². The molecular weight excluding hydrogens is 346 g/mol. The molecule has 1 heterocycles. The van der Waals surface area contributed by atoms with E-state index in [4.69, 9.17) is 21.1 Å². The zero-order chi connectivity index (χ0) is 19.0. The van der Waals surface area contributed by atoms with Crippen LogP contribution >= 0.6 is 11.6 Å². The number of aromatic nitrogens is 1. The summed E-state index contributed by atoms with van der Waals surface area (Å²) in [5.74, 6) is -0.0705. The third-order valence-electron chi connectivity index (χ3n) is 3.18. The van der Waals surface area contributed by atoms with Gasteiger partial charge < -0.3 is 19.7 Å². The van der Waals surface area contributed by atoms with Gasteiger partial charge >= 0.3 is 12.1 Å². The summed E-state index contributed by atoms with van der Waals surface area (Å²) in [7, 11) is 3.01. The number of amides is 1. The van der Waals surface area contributed by atoms with Gasteiger partial charge in [0.15, 0.2) is 0 Å². The Balaban J connectivity index is 2.42. The van der Waals surface area contributed by atoms with Crippen molar-refractivity contribution in [1.82, 2.24) is 9.88 Å². The zero-order valence-corrected chi connectivity index (χ0v) is 16.1. The van der Waals surface area contributed by atoms with Crippen molar-refractivity contribution in [2.45, 2.75) is 39.2 Å². The molecule has 8 heteroatoms. The fourth-order valence-corrected chi connectivity index (χ4v) is 2.12. The maximum absolute atomic E-state index is 11.8. The predicted molar refractivity (Wildman–Crippen MR) is 97.2 cm³/mol. The first-order chi connectivity index (χ1) is 11.6. The van der Waals surface area contributed by atoms with E-state index in [2.05, 4.69) is 10.3 Å². The quantitative estimate of drug-likeness (QED) is 0.582. The van der Waals surface area contributed by atoms with Crippen LogP contribution in [0.4, 0.5) is 10.6 Å². The van der Waals surface area contributed by atoms with Gasteiger partial charge in [-0.2, -0.15) is 0 Å². The zero-order valence-electron chi connectivity index (χ0n) is 15.4. The summed E-state index contributed by atoms with van der Waals surface area (Å²) in [6.45, 7) is 6.68. The van der Waals surface area contributed by atoms with Crippen molar-refractivity contribution in [1.29, 1.82) is 0 Å². The molecule has 0 aliphatic rings. The fraction of sp³-hybridized carbons (Fsp3) is 0.588. The lowest BCUT2D eigenvalue weighted by Gasteiger charge is -2.24. The number of nitrogens with one attached hydrogen (secondary N) is 1. The van der Waals surface area contributed by atoms with E-state index in [9.17, 15) is 9.59 Å². The Morgan fingerprint density at radius 3 is 2.60 bits per heavy atom. The van der Waals surface area contributed by atoms with Crippen LogP contribution < -0.4 is 5.32 Å². The molecule has 1 aromatic heterocycles. The molecule has 1 N–H and O–H groups in total. The number of anilines is 1. The van der Waals surface area contributed by atoms with Crippen LogP contribution in [0.25, 0.3) is 0 Å². The number of ether oxygens (including phenoxy) is 2. The molecule has 0 radical (unpaired) electrons. The number of halogens is 1. The molecule has 1 aromatic rings. The predicted octanol–water partition coefficient (Wildman–Crippen LogP) is 3.58. The second kappa shape index (κ2) is 9.46. The maximum atomic E-state index is 11.8. The van der Waals surface area contributed by atoms with E-state index in [0.29, 0.717) is 29.5 Å². The summed E-state index contributed by atoms with van der Waals surface area (Å²) < 4.78 is 10.0. The highest BCUT2D eigenvalue weighted by Gasteiger charge is 2.19. The number of nitrogens with zero attached hydrogens (tertiary/aromatic N) is 2. The Bertz CT molecular complexity index is 602. The van der Waals surface area contributed by atoms with Gasteiger partial charge in [0.05, 0.1) is 12.1 Å². The van der Waals surface area contributed by atoms with Gasteiger partial charge in [0.25, 0.3) is 0 Å². The number of hydrogen-bond acceptors (Lipinski definition) is 6. The number of unbranched alkanes of at least 4 members (excludes halogenated alkanes) is 1. The normalized spacial score (nSPS) is 11.0. The number of rotatable bonds is 7. The minimum absolute atomic E-state index is 0.292. The first-order valence-electron chi connectivity index (χ1n) is 8.06. The number of carbonyl (C=O) groups excluding carboxylic acids is 2. The number of pyridine rings is 1.